The predicted molar refractivity (Wildman–Crippen MR) is 80.2 cm³/mol. The molecule has 3 aromatic rings. The molecule has 6 heteroatoms. The van der Waals surface area contributed by atoms with Crippen LogP contribution in [-0.4, -0.2) is 15.2 Å². The molecule has 0 aliphatic rings. The van der Waals surface area contributed by atoms with Gasteiger partial charge in [0, 0.05) is 10.9 Å². The SMILES string of the molecule is CCc1ccc(-c2nc(-c3nnc(N)s3)cs2)cc1. The molecule has 0 radical (unpaired) electrons. The second-order valence-electron chi connectivity index (χ2n) is 4.03. The van der Waals surface area contributed by atoms with Crippen LogP contribution in [-0.2, 0) is 6.42 Å². The van der Waals surface area contributed by atoms with Gasteiger partial charge in [0.05, 0.1) is 0 Å². The summed E-state index contributed by atoms with van der Waals surface area (Å²) in [6.45, 7) is 2.15. The van der Waals surface area contributed by atoms with Gasteiger partial charge in [-0.1, -0.05) is 42.5 Å². The molecule has 0 saturated heterocycles. The Bertz CT molecular complexity index is 685. The first-order valence-electron chi connectivity index (χ1n) is 5.90. The average Bonchev–Trinajstić information content (AvgIpc) is 3.07. The van der Waals surface area contributed by atoms with Crippen molar-refractivity contribution in [3.05, 3.63) is 35.2 Å². The van der Waals surface area contributed by atoms with E-state index >= 15 is 0 Å². The zero-order valence-corrected chi connectivity index (χ0v) is 12.0. The quantitative estimate of drug-likeness (QED) is 0.801. The molecule has 0 atom stereocenters. The fourth-order valence-electron chi connectivity index (χ4n) is 1.73. The van der Waals surface area contributed by atoms with Crippen LogP contribution in [0.3, 0.4) is 0 Å². The highest BCUT2D eigenvalue weighted by Gasteiger charge is 2.10. The molecule has 0 aliphatic heterocycles. The minimum absolute atomic E-state index is 0.469. The highest BCUT2D eigenvalue weighted by Crippen LogP contribution is 2.30. The van der Waals surface area contributed by atoms with Crippen molar-refractivity contribution in [2.75, 3.05) is 5.73 Å². The lowest BCUT2D eigenvalue weighted by atomic mass is 10.1. The lowest BCUT2D eigenvalue weighted by Crippen LogP contribution is -1.82. The van der Waals surface area contributed by atoms with Gasteiger partial charge < -0.3 is 5.73 Å². The zero-order valence-electron chi connectivity index (χ0n) is 10.3. The molecule has 0 saturated carbocycles. The van der Waals surface area contributed by atoms with Gasteiger partial charge in [0.15, 0.2) is 5.01 Å². The first kappa shape index (κ1) is 12.3. The maximum absolute atomic E-state index is 5.59. The van der Waals surface area contributed by atoms with Gasteiger partial charge in [-0.2, -0.15) is 0 Å². The predicted octanol–water partition coefficient (Wildman–Crippen LogP) is 3.47. The van der Waals surface area contributed by atoms with Gasteiger partial charge in [-0.3, -0.25) is 0 Å². The van der Waals surface area contributed by atoms with Crippen molar-refractivity contribution < 1.29 is 0 Å². The van der Waals surface area contributed by atoms with Gasteiger partial charge >= 0.3 is 0 Å². The summed E-state index contributed by atoms with van der Waals surface area (Å²) in [5.74, 6) is 0. The van der Waals surface area contributed by atoms with Crippen molar-refractivity contribution in [1.29, 1.82) is 0 Å². The van der Waals surface area contributed by atoms with Crippen LogP contribution in [0, 0.1) is 0 Å². The number of nitrogens with zero attached hydrogens (tertiary/aromatic N) is 3. The summed E-state index contributed by atoms with van der Waals surface area (Å²) in [5, 5.41) is 12.0. The molecule has 2 N–H and O–H groups in total. The lowest BCUT2D eigenvalue weighted by molar-refractivity contribution is 1.10. The van der Waals surface area contributed by atoms with Gasteiger partial charge in [0.25, 0.3) is 0 Å². The van der Waals surface area contributed by atoms with E-state index in [1.54, 1.807) is 11.3 Å². The monoisotopic (exact) mass is 288 g/mol. The van der Waals surface area contributed by atoms with E-state index in [1.165, 1.54) is 16.9 Å². The summed E-state index contributed by atoms with van der Waals surface area (Å²) in [6.07, 6.45) is 1.05. The van der Waals surface area contributed by atoms with E-state index in [1.807, 2.05) is 5.38 Å². The molecule has 0 aliphatic carbocycles. The molecule has 19 heavy (non-hydrogen) atoms. The Morgan fingerprint density at radius 2 is 1.89 bits per heavy atom. The minimum Gasteiger partial charge on any atom is -0.374 e. The number of thiazole rings is 1. The number of hydrogen-bond donors (Lipinski definition) is 1. The Labute approximate surface area is 119 Å². The van der Waals surface area contributed by atoms with Crippen LogP contribution in [0.25, 0.3) is 21.3 Å². The van der Waals surface area contributed by atoms with Crippen molar-refractivity contribution in [3.8, 4) is 21.3 Å². The van der Waals surface area contributed by atoms with Crippen LogP contribution in [0.2, 0.25) is 0 Å². The number of benzene rings is 1. The summed E-state index contributed by atoms with van der Waals surface area (Å²) in [7, 11) is 0. The average molecular weight is 288 g/mol. The van der Waals surface area contributed by atoms with Crippen molar-refractivity contribution in [1.82, 2.24) is 15.2 Å². The van der Waals surface area contributed by atoms with E-state index in [0.717, 1.165) is 27.7 Å². The molecule has 0 bridgehead atoms. The second kappa shape index (κ2) is 5.07. The van der Waals surface area contributed by atoms with Crippen molar-refractivity contribution in [2.45, 2.75) is 13.3 Å². The van der Waals surface area contributed by atoms with E-state index in [-0.39, 0.29) is 0 Å². The van der Waals surface area contributed by atoms with E-state index < -0.39 is 0 Å². The summed E-state index contributed by atoms with van der Waals surface area (Å²) >= 11 is 2.96. The van der Waals surface area contributed by atoms with Gasteiger partial charge in [-0.25, -0.2) is 4.98 Å². The molecule has 1 aromatic carbocycles. The molecule has 2 heterocycles. The maximum Gasteiger partial charge on any atom is 0.203 e. The van der Waals surface area contributed by atoms with Crippen molar-refractivity contribution in [2.24, 2.45) is 0 Å². The molecule has 0 fully saturated rings. The normalized spacial score (nSPS) is 10.8. The Hall–Kier alpha value is -1.79. The number of nitrogen functional groups attached to an aromatic ring is 1. The topological polar surface area (TPSA) is 64.7 Å². The lowest BCUT2D eigenvalue weighted by Gasteiger charge is -1.98. The summed E-state index contributed by atoms with van der Waals surface area (Å²) < 4.78 is 0. The minimum atomic E-state index is 0.469. The zero-order chi connectivity index (χ0) is 13.2. The Morgan fingerprint density at radius 3 is 2.53 bits per heavy atom. The van der Waals surface area contributed by atoms with E-state index in [0.29, 0.717) is 5.13 Å². The molecular formula is C13H12N4S2. The summed E-state index contributed by atoms with van der Waals surface area (Å²) in [6, 6.07) is 8.49. The largest absolute Gasteiger partial charge is 0.374 e. The molecule has 96 valence electrons. The van der Waals surface area contributed by atoms with Crippen LogP contribution in [0.5, 0.6) is 0 Å². The Morgan fingerprint density at radius 1 is 1.11 bits per heavy atom. The van der Waals surface area contributed by atoms with Gasteiger partial charge in [-0.15, -0.1) is 21.5 Å². The van der Waals surface area contributed by atoms with Gasteiger partial charge in [-0.05, 0) is 12.0 Å². The number of anilines is 1. The number of aromatic nitrogens is 3. The number of rotatable bonds is 3. The third-order valence-electron chi connectivity index (χ3n) is 2.77. The van der Waals surface area contributed by atoms with Gasteiger partial charge in [0.1, 0.15) is 10.7 Å². The number of nitrogens with two attached hydrogens (primary N) is 1. The highest BCUT2D eigenvalue weighted by atomic mass is 32.1. The number of aryl methyl sites for hydroxylation is 1. The summed E-state index contributed by atoms with van der Waals surface area (Å²) in [5.41, 5.74) is 8.89. The Balaban J connectivity index is 1.91. The molecular weight excluding hydrogens is 276 g/mol. The molecule has 0 spiro atoms. The third-order valence-corrected chi connectivity index (χ3v) is 4.44. The van der Waals surface area contributed by atoms with Crippen LogP contribution in [0.15, 0.2) is 29.6 Å². The Kier molecular flexibility index (Phi) is 3.27. The maximum atomic E-state index is 5.59. The van der Waals surface area contributed by atoms with Crippen molar-refractivity contribution >= 4 is 27.8 Å². The molecule has 4 nitrogen and oxygen atoms in total. The fraction of sp³-hybridized carbons (Fsp3) is 0.154. The summed E-state index contributed by atoms with van der Waals surface area (Å²) in [4.78, 5) is 4.59. The fourth-order valence-corrected chi connectivity index (χ4v) is 3.18. The van der Waals surface area contributed by atoms with Crippen LogP contribution in [0.1, 0.15) is 12.5 Å². The van der Waals surface area contributed by atoms with E-state index in [2.05, 4.69) is 46.4 Å². The van der Waals surface area contributed by atoms with Crippen molar-refractivity contribution in [3.63, 3.8) is 0 Å². The van der Waals surface area contributed by atoms with E-state index in [9.17, 15) is 0 Å². The highest BCUT2D eigenvalue weighted by molar-refractivity contribution is 7.19. The first-order chi connectivity index (χ1) is 9.26. The van der Waals surface area contributed by atoms with E-state index in [4.69, 9.17) is 5.73 Å². The molecule has 0 amide bonds. The number of hydrogen-bond acceptors (Lipinski definition) is 6. The second-order valence-corrected chi connectivity index (χ2v) is 5.90. The van der Waals surface area contributed by atoms with Crippen LogP contribution in [0.4, 0.5) is 5.13 Å². The standard InChI is InChI=1S/C13H12N4S2/c1-2-8-3-5-9(6-4-8)11-15-10(7-18-11)12-16-17-13(14)19-12/h3-7H,2H2,1H3,(H2,14,17). The molecule has 0 unspecified atom stereocenters. The van der Waals surface area contributed by atoms with Crippen LogP contribution >= 0.6 is 22.7 Å². The smallest absolute Gasteiger partial charge is 0.203 e. The third kappa shape index (κ3) is 2.50. The first-order valence-corrected chi connectivity index (χ1v) is 7.60. The molecule has 3 rings (SSSR count). The molecule has 2 aromatic heterocycles. The van der Waals surface area contributed by atoms with Crippen LogP contribution < -0.4 is 5.73 Å². The van der Waals surface area contributed by atoms with Gasteiger partial charge in [0.2, 0.25) is 5.13 Å².